The largest absolute Gasteiger partial charge is 0.497 e. The fraction of sp³-hybridized carbons (Fsp3) is 0.370. The van der Waals surface area contributed by atoms with Gasteiger partial charge in [0.05, 0.1) is 29.7 Å². The topological polar surface area (TPSA) is 59.8 Å². The zero-order valence-corrected chi connectivity index (χ0v) is 20.1. The molecule has 1 aromatic heterocycles. The van der Waals surface area contributed by atoms with Gasteiger partial charge in [-0.1, -0.05) is 38.1 Å². The van der Waals surface area contributed by atoms with Crippen LogP contribution in [0.1, 0.15) is 38.4 Å². The first-order valence-electron chi connectivity index (χ1n) is 11.5. The van der Waals surface area contributed by atoms with Gasteiger partial charge < -0.3 is 14.6 Å². The lowest BCUT2D eigenvalue weighted by Gasteiger charge is -2.29. The molecule has 0 aliphatic carbocycles. The second-order valence-electron chi connectivity index (χ2n) is 8.38. The fourth-order valence-corrected chi connectivity index (χ4v) is 3.80. The molecule has 0 spiro atoms. The van der Waals surface area contributed by atoms with E-state index in [1.165, 1.54) is 0 Å². The first kappa shape index (κ1) is 24.6. The lowest BCUT2D eigenvalue weighted by molar-refractivity contribution is 0.0584. The summed E-state index contributed by atoms with van der Waals surface area (Å²) in [5.41, 5.74) is 1.95. The molecule has 0 amide bonds. The fourth-order valence-electron chi connectivity index (χ4n) is 3.80. The Balaban J connectivity index is 2.06. The first-order valence-corrected chi connectivity index (χ1v) is 11.5. The van der Waals surface area contributed by atoms with Crippen molar-refractivity contribution in [2.75, 3.05) is 20.2 Å². The first-order chi connectivity index (χ1) is 15.9. The molecule has 0 saturated carbocycles. The number of aryl methyl sites for hydroxylation is 1. The molecule has 0 aliphatic rings. The monoisotopic (exact) mass is 449 g/mol. The summed E-state index contributed by atoms with van der Waals surface area (Å²) in [6.45, 7) is 11.7. The van der Waals surface area contributed by atoms with Crippen LogP contribution in [0.3, 0.4) is 0 Å². The number of hydrogen-bond acceptors (Lipinski definition) is 5. The van der Waals surface area contributed by atoms with Crippen molar-refractivity contribution in [3.8, 4) is 23.1 Å². The number of nitrogens with zero attached hydrogens (tertiary/aromatic N) is 3. The van der Waals surface area contributed by atoms with Crippen LogP contribution in [0.25, 0.3) is 5.69 Å². The summed E-state index contributed by atoms with van der Waals surface area (Å²) in [6.07, 6.45) is 3.33. The molecule has 0 fully saturated rings. The van der Waals surface area contributed by atoms with E-state index in [2.05, 4.69) is 25.3 Å². The number of aliphatic hydroxyl groups is 1. The van der Waals surface area contributed by atoms with E-state index < -0.39 is 5.60 Å². The Kier molecular flexibility index (Phi) is 8.31. The number of aromatic nitrogens is 2. The third-order valence-corrected chi connectivity index (χ3v) is 5.53. The maximum Gasteiger partial charge on any atom is 0.227 e. The lowest BCUT2D eigenvalue weighted by atomic mass is 10.1. The quantitative estimate of drug-likeness (QED) is 0.376. The summed E-state index contributed by atoms with van der Waals surface area (Å²) >= 11 is 0. The highest BCUT2D eigenvalue weighted by Gasteiger charge is 2.25. The third-order valence-electron chi connectivity index (χ3n) is 5.53. The molecule has 3 aromatic rings. The summed E-state index contributed by atoms with van der Waals surface area (Å²) in [7, 11) is 1.65. The van der Waals surface area contributed by atoms with Crippen LogP contribution in [0, 0.1) is 0 Å². The Hall–Kier alpha value is -3.09. The van der Waals surface area contributed by atoms with Crippen molar-refractivity contribution < 1.29 is 14.6 Å². The van der Waals surface area contributed by atoms with Gasteiger partial charge in [0, 0.05) is 13.1 Å². The lowest BCUT2D eigenvalue weighted by Crippen LogP contribution is -2.39. The van der Waals surface area contributed by atoms with Gasteiger partial charge in [-0.05, 0) is 62.7 Å². The SMILES string of the molecule is C=CC(C)(O)CN(CCC)Cc1c(CC)nn(-c2ccccc2)c1Oc1ccc(OC)cc1. The highest BCUT2D eigenvalue weighted by Crippen LogP contribution is 2.33. The number of methoxy groups -OCH3 is 1. The summed E-state index contributed by atoms with van der Waals surface area (Å²) in [5, 5.41) is 15.6. The highest BCUT2D eigenvalue weighted by molar-refractivity contribution is 5.44. The van der Waals surface area contributed by atoms with Crippen LogP contribution in [-0.2, 0) is 13.0 Å². The van der Waals surface area contributed by atoms with Crippen LogP contribution in [0.15, 0.2) is 67.3 Å². The van der Waals surface area contributed by atoms with E-state index >= 15 is 0 Å². The predicted octanol–water partition coefficient (Wildman–Crippen LogP) is 5.38. The summed E-state index contributed by atoms with van der Waals surface area (Å²) in [4.78, 5) is 2.23. The minimum atomic E-state index is -0.978. The minimum Gasteiger partial charge on any atom is -0.497 e. The van der Waals surface area contributed by atoms with Gasteiger partial charge >= 0.3 is 0 Å². The van der Waals surface area contributed by atoms with Crippen molar-refractivity contribution in [2.45, 2.75) is 45.8 Å². The average molecular weight is 450 g/mol. The summed E-state index contributed by atoms with van der Waals surface area (Å²) in [5.74, 6) is 2.16. The van der Waals surface area contributed by atoms with Gasteiger partial charge in [0.2, 0.25) is 5.88 Å². The van der Waals surface area contributed by atoms with E-state index in [9.17, 15) is 5.11 Å². The van der Waals surface area contributed by atoms with E-state index in [0.29, 0.717) is 24.7 Å². The summed E-state index contributed by atoms with van der Waals surface area (Å²) in [6, 6.07) is 17.5. The van der Waals surface area contributed by atoms with E-state index in [4.69, 9.17) is 14.6 Å². The number of para-hydroxylation sites is 1. The highest BCUT2D eigenvalue weighted by atomic mass is 16.5. The van der Waals surface area contributed by atoms with E-state index in [1.807, 2.05) is 59.3 Å². The second-order valence-corrected chi connectivity index (χ2v) is 8.38. The molecule has 33 heavy (non-hydrogen) atoms. The molecule has 3 rings (SSSR count). The van der Waals surface area contributed by atoms with Gasteiger partial charge in [-0.3, -0.25) is 4.90 Å². The molecular formula is C27H35N3O3. The van der Waals surface area contributed by atoms with Crippen LogP contribution >= 0.6 is 0 Å². The van der Waals surface area contributed by atoms with E-state index in [0.717, 1.165) is 42.1 Å². The Morgan fingerprint density at radius 2 is 1.76 bits per heavy atom. The van der Waals surface area contributed by atoms with Crippen LogP contribution in [-0.4, -0.2) is 45.6 Å². The van der Waals surface area contributed by atoms with Crippen LogP contribution in [0.2, 0.25) is 0 Å². The predicted molar refractivity (Wildman–Crippen MR) is 132 cm³/mol. The smallest absolute Gasteiger partial charge is 0.227 e. The van der Waals surface area contributed by atoms with Crippen molar-refractivity contribution in [3.05, 3.63) is 78.5 Å². The number of ether oxygens (including phenoxy) is 2. The summed E-state index contributed by atoms with van der Waals surface area (Å²) < 4.78 is 13.6. The Morgan fingerprint density at radius 3 is 2.33 bits per heavy atom. The Labute approximate surface area is 197 Å². The molecule has 0 radical (unpaired) electrons. The molecule has 1 unspecified atom stereocenters. The van der Waals surface area contributed by atoms with Crippen molar-refractivity contribution in [1.82, 2.24) is 14.7 Å². The standard InChI is InChI=1S/C27H35N3O3/c1-6-18-29(20-27(4,31)8-3)19-24-25(7-2)28-30(21-12-10-9-11-13-21)26(24)33-23-16-14-22(32-5)15-17-23/h8-17,31H,3,6-7,18-20H2,1-2,4-5H3. The van der Waals surface area contributed by atoms with Gasteiger partial charge in [-0.25, -0.2) is 4.68 Å². The molecule has 6 nitrogen and oxygen atoms in total. The number of hydrogen-bond donors (Lipinski definition) is 1. The third kappa shape index (κ3) is 6.24. The van der Waals surface area contributed by atoms with E-state index in [-0.39, 0.29) is 0 Å². The Bertz CT molecular complexity index is 1030. The molecule has 1 atom stereocenters. The zero-order chi connectivity index (χ0) is 23.8. The molecule has 176 valence electrons. The van der Waals surface area contributed by atoms with E-state index in [1.54, 1.807) is 20.1 Å². The zero-order valence-electron chi connectivity index (χ0n) is 20.1. The normalized spacial score (nSPS) is 13.0. The molecule has 1 N–H and O–H groups in total. The molecule has 0 aliphatic heterocycles. The van der Waals surface area contributed by atoms with Crippen LogP contribution in [0.5, 0.6) is 17.4 Å². The minimum absolute atomic E-state index is 0.478. The maximum absolute atomic E-state index is 10.6. The van der Waals surface area contributed by atoms with Gasteiger partial charge in [0.15, 0.2) is 0 Å². The average Bonchev–Trinajstić information content (AvgIpc) is 3.17. The molecule has 6 heteroatoms. The van der Waals surface area contributed by atoms with Gasteiger partial charge in [0.25, 0.3) is 0 Å². The Morgan fingerprint density at radius 1 is 1.09 bits per heavy atom. The van der Waals surface area contributed by atoms with Gasteiger partial charge in [-0.2, -0.15) is 5.10 Å². The molecule has 2 aromatic carbocycles. The molecule has 0 bridgehead atoms. The van der Waals surface area contributed by atoms with Crippen molar-refractivity contribution in [2.24, 2.45) is 0 Å². The van der Waals surface area contributed by atoms with Gasteiger partial charge in [0.1, 0.15) is 11.5 Å². The second kappa shape index (κ2) is 11.2. The van der Waals surface area contributed by atoms with Crippen molar-refractivity contribution in [3.63, 3.8) is 0 Å². The molecule has 1 heterocycles. The van der Waals surface area contributed by atoms with Crippen LogP contribution in [0.4, 0.5) is 0 Å². The number of benzene rings is 2. The van der Waals surface area contributed by atoms with Crippen LogP contribution < -0.4 is 9.47 Å². The maximum atomic E-state index is 10.6. The van der Waals surface area contributed by atoms with Crippen molar-refractivity contribution in [1.29, 1.82) is 0 Å². The van der Waals surface area contributed by atoms with Crippen molar-refractivity contribution >= 4 is 0 Å². The molecular weight excluding hydrogens is 414 g/mol. The molecule has 0 saturated heterocycles. The number of rotatable bonds is 12. The van der Waals surface area contributed by atoms with Gasteiger partial charge in [-0.15, -0.1) is 6.58 Å².